The van der Waals surface area contributed by atoms with E-state index in [2.05, 4.69) is 15.3 Å². The van der Waals surface area contributed by atoms with E-state index in [9.17, 15) is 4.79 Å². The van der Waals surface area contributed by atoms with Crippen LogP contribution < -0.4 is 14.8 Å². The van der Waals surface area contributed by atoms with Crippen molar-refractivity contribution >= 4 is 17.7 Å². The van der Waals surface area contributed by atoms with Crippen molar-refractivity contribution in [1.29, 1.82) is 0 Å². The summed E-state index contributed by atoms with van der Waals surface area (Å²) in [6, 6.07) is 9.47. The lowest BCUT2D eigenvalue weighted by Gasteiger charge is -2.09. The smallest absolute Gasteiger partial charge is 0.258 e. The van der Waals surface area contributed by atoms with Crippen LogP contribution in [-0.2, 0) is 4.79 Å². The third kappa shape index (κ3) is 6.08. The zero-order valence-electron chi connectivity index (χ0n) is 14.0. The number of nitrogens with one attached hydrogen (secondary N) is 1. The van der Waals surface area contributed by atoms with Gasteiger partial charge in [0.15, 0.2) is 11.8 Å². The van der Waals surface area contributed by atoms with Crippen molar-refractivity contribution in [3.63, 3.8) is 0 Å². The van der Waals surface area contributed by atoms with E-state index in [1.807, 2.05) is 44.4 Å². The number of hydrogen-bond donors (Lipinski definition) is 1. The second-order valence-electron chi connectivity index (χ2n) is 5.13. The second kappa shape index (κ2) is 9.12. The van der Waals surface area contributed by atoms with Crippen LogP contribution in [0.25, 0.3) is 0 Å². The number of aryl methyl sites for hydroxylation is 2. The van der Waals surface area contributed by atoms with Crippen LogP contribution in [0.15, 0.2) is 35.5 Å². The fraction of sp³-hybridized carbons (Fsp3) is 0.353. The number of rotatable bonds is 8. The van der Waals surface area contributed by atoms with E-state index in [0.29, 0.717) is 24.2 Å². The Labute approximate surface area is 146 Å². The van der Waals surface area contributed by atoms with E-state index in [1.165, 1.54) is 17.3 Å². The molecule has 1 amide bonds. The lowest BCUT2D eigenvalue weighted by Crippen LogP contribution is -2.32. The highest BCUT2D eigenvalue weighted by Crippen LogP contribution is 2.15. The Morgan fingerprint density at radius 1 is 1.17 bits per heavy atom. The minimum absolute atomic E-state index is 0.0885. The zero-order valence-corrected chi connectivity index (χ0v) is 14.9. The van der Waals surface area contributed by atoms with Crippen LogP contribution in [0, 0.1) is 13.8 Å². The Morgan fingerprint density at radius 3 is 2.62 bits per heavy atom. The lowest BCUT2D eigenvalue weighted by atomic mass is 10.2. The predicted molar refractivity (Wildman–Crippen MR) is 93.7 cm³/mol. The van der Waals surface area contributed by atoms with Crippen LogP contribution in [0.3, 0.4) is 0 Å². The molecule has 0 atom stereocenters. The molecule has 2 aromatic rings. The van der Waals surface area contributed by atoms with E-state index in [1.54, 1.807) is 6.07 Å². The maximum absolute atomic E-state index is 11.8. The van der Waals surface area contributed by atoms with Crippen LogP contribution in [0.4, 0.5) is 0 Å². The molecular weight excluding hydrogens is 326 g/mol. The Hall–Kier alpha value is -2.28. The first-order valence-electron chi connectivity index (χ1n) is 7.55. The lowest BCUT2D eigenvalue weighted by molar-refractivity contribution is -0.123. The number of hydrogen-bond acceptors (Lipinski definition) is 6. The highest BCUT2D eigenvalue weighted by atomic mass is 32.2. The van der Waals surface area contributed by atoms with Crippen LogP contribution in [0.2, 0.25) is 0 Å². The molecule has 7 heteroatoms. The van der Waals surface area contributed by atoms with Gasteiger partial charge in [-0.15, -0.1) is 0 Å². The Balaban J connectivity index is 1.68. The number of carbonyl (C=O) groups excluding carboxylic acids is 1. The van der Waals surface area contributed by atoms with Gasteiger partial charge in [-0.1, -0.05) is 29.5 Å². The minimum atomic E-state index is -0.218. The molecule has 1 heterocycles. The average molecular weight is 347 g/mol. The number of aromatic nitrogens is 2. The van der Waals surface area contributed by atoms with Gasteiger partial charge in [0.25, 0.3) is 5.91 Å². The number of carbonyl (C=O) groups is 1. The third-order valence-corrected chi connectivity index (χ3v) is 3.61. The predicted octanol–water partition coefficient (Wildman–Crippen LogP) is 2.39. The Kier molecular flexibility index (Phi) is 6.87. The topological polar surface area (TPSA) is 73.3 Å². The summed E-state index contributed by atoms with van der Waals surface area (Å²) in [5.41, 5.74) is 1.98. The molecular formula is C17H21N3O3S. The number of amides is 1. The molecule has 0 radical (unpaired) electrons. The third-order valence-electron chi connectivity index (χ3n) is 3.06. The van der Waals surface area contributed by atoms with Gasteiger partial charge in [-0.25, -0.2) is 4.98 Å². The van der Waals surface area contributed by atoms with Gasteiger partial charge in [-0.3, -0.25) is 4.79 Å². The summed E-state index contributed by atoms with van der Waals surface area (Å²) in [6.07, 6.45) is 1.89. The highest BCUT2D eigenvalue weighted by Gasteiger charge is 2.06. The summed E-state index contributed by atoms with van der Waals surface area (Å²) in [7, 11) is 0. The van der Waals surface area contributed by atoms with E-state index in [-0.39, 0.29) is 12.5 Å². The minimum Gasteiger partial charge on any atom is -0.492 e. The molecule has 1 N–H and O–H groups in total. The molecule has 128 valence electrons. The monoisotopic (exact) mass is 347 g/mol. The van der Waals surface area contributed by atoms with Crippen molar-refractivity contribution in [1.82, 2.24) is 15.3 Å². The van der Waals surface area contributed by atoms with Gasteiger partial charge in [0.2, 0.25) is 5.88 Å². The molecule has 2 rings (SSSR count). The maximum Gasteiger partial charge on any atom is 0.258 e. The molecule has 0 unspecified atom stereocenters. The Bertz CT molecular complexity index is 677. The van der Waals surface area contributed by atoms with Crippen molar-refractivity contribution in [2.75, 3.05) is 26.0 Å². The molecule has 0 spiro atoms. The quantitative estimate of drug-likeness (QED) is 0.449. The zero-order chi connectivity index (χ0) is 17.4. The molecule has 0 aliphatic carbocycles. The number of nitrogens with zero attached hydrogens (tertiary/aromatic N) is 2. The molecule has 1 aromatic carbocycles. The van der Waals surface area contributed by atoms with Gasteiger partial charge in [0, 0.05) is 11.8 Å². The van der Waals surface area contributed by atoms with Gasteiger partial charge in [0.05, 0.1) is 6.54 Å². The summed E-state index contributed by atoms with van der Waals surface area (Å²) in [5.74, 6) is 0.967. The van der Waals surface area contributed by atoms with Gasteiger partial charge in [0.1, 0.15) is 12.4 Å². The van der Waals surface area contributed by atoms with E-state index in [4.69, 9.17) is 9.47 Å². The fourth-order valence-electron chi connectivity index (χ4n) is 1.86. The van der Waals surface area contributed by atoms with Crippen molar-refractivity contribution in [2.45, 2.75) is 19.0 Å². The summed E-state index contributed by atoms with van der Waals surface area (Å²) in [6.45, 7) is 4.60. The Morgan fingerprint density at radius 2 is 1.92 bits per heavy atom. The summed E-state index contributed by atoms with van der Waals surface area (Å²) < 4.78 is 10.9. The van der Waals surface area contributed by atoms with Crippen molar-refractivity contribution in [3.05, 3.63) is 41.6 Å². The van der Waals surface area contributed by atoms with Gasteiger partial charge < -0.3 is 14.8 Å². The normalized spacial score (nSPS) is 10.3. The summed E-state index contributed by atoms with van der Waals surface area (Å²) in [5, 5.41) is 3.36. The molecule has 0 fully saturated rings. The molecule has 24 heavy (non-hydrogen) atoms. The second-order valence-corrected chi connectivity index (χ2v) is 5.91. The first-order chi connectivity index (χ1) is 11.6. The van der Waals surface area contributed by atoms with Crippen molar-refractivity contribution in [3.8, 4) is 11.6 Å². The summed E-state index contributed by atoms with van der Waals surface area (Å²) >= 11 is 1.43. The molecule has 1 aromatic heterocycles. The van der Waals surface area contributed by atoms with E-state index >= 15 is 0 Å². The van der Waals surface area contributed by atoms with Gasteiger partial charge >= 0.3 is 0 Å². The molecule has 6 nitrogen and oxygen atoms in total. The molecule has 0 bridgehead atoms. The molecule has 0 saturated heterocycles. The van der Waals surface area contributed by atoms with E-state index < -0.39 is 0 Å². The van der Waals surface area contributed by atoms with Gasteiger partial charge in [-0.05, 0) is 32.2 Å². The maximum atomic E-state index is 11.8. The van der Waals surface area contributed by atoms with Crippen molar-refractivity contribution < 1.29 is 14.3 Å². The largest absolute Gasteiger partial charge is 0.492 e. The van der Waals surface area contributed by atoms with Crippen LogP contribution in [0.1, 0.15) is 11.3 Å². The average Bonchev–Trinajstić information content (AvgIpc) is 2.58. The number of benzene rings is 1. The first-order valence-corrected chi connectivity index (χ1v) is 8.78. The standard InChI is InChI=1S/C17H21N3O3S/c1-12-4-6-14(7-5-12)22-9-8-18-15(21)11-23-16-10-13(2)19-17(20-16)24-3/h4-7,10H,8-9,11H2,1-3H3,(H,18,21). The number of ether oxygens (including phenoxy) is 2. The summed E-state index contributed by atoms with van der Waals surface area (Å²) in [4.78, 5) is 20.2. The molecule has 0 saturated carbocycles. The molecule has 0 aliphatic heterocycles. The van der Waals surface area contributed by atoms with Crippen LogP contribution >= 0.6 is 11.8 Å². The van der Waals surface area contributed by atoms with Crippen molar-refractivity contribution in [2.24, 2.45) is 0 Å². The SMILES string of the molecule is CSc1nc(C)cc(OCC(=O)NCCOc2ccc(C)cc2)n1. The van der Waals surface area contributed by atoms with E-state index in [0.717, 1.165) is 11.4 Å². The fourth-order valence-corrected chi connectivity index (χ4v) is 2.28. The van der Waals surface area contributed by atoms with Crippen LogP contribution in [0.5, 0.6) is 11.6 Å². The highest BCUT2D eigenvalue weighted by molar-refractivity contribution is 7.98. The first kappa shape index (κ1) is 18.1. The molecule has 0 aliphatic rings. The number of thioether (sulfide) groups is 1. The van der Waals surface area contributed by atoms with Crippen LogP contribution in [-0.4, -0.2) is 41.9 Å². The van der Waals surface area contributed by atoms with Gasteiger partial charge in [-0.2, -0.15) is 4.98 Å².